The monoisotopic (exact) mass is 484 g/mol. The largest absolute Gasteiger partial charge is 0.507 e. The molecule has 3 aromatic carbocycles. The first-order valence-corrected chi connectivity index (χ1v) is 12.3. The number of aryl methyl sites for hydroxylation is 1. The van der Waals surface area contributed by atoms with Crippen LogP contribution in [0.25, 0.3) is 22.4 Å². The Morgan fingerprint density at radius 2 is 1.64 bits per heavy atom. The summed E-state index contributed by atoms with van der Waals surface area (Å²) in [7, 11) is 1.65. The van der Waals surface area contributed by atoms with Crippen molar-refractivity contribution in [3.05, 3.63) is 78.5 Å². The number of ether oxygens (including phenoxy) is 2. The summed E-state index contributed by atoms with van der Waals surface area (Å²) in [5, 5.41) is 18.4. The Balaban J connectivity index is 1.19. The zero-order valence-corrected chi connectivity index (χ0v) is 20.8. The summed E-state index contributed by atoms with van der Waals surface area (Å²) in [6.45, 7) is 7.45. The smallest absolute Gasteiger partial charge is 0.128 e. The van der Waals surface area contributed by atoms with Gasteiger partial charge in [-0.1, -0.05) is 30.3 Å². The number of hydrogen-bond acceptors (Lipinski definition) is 6. The third-order valence-corrected chi connectivity index (χ3v) is 6.72. The van der Waals surface area contributed by atoms with E-state index in [0.717, 1.165) is 55.3 Å². The van der Waals surface area contributed by atoms with Crippen LogP contribution in [0.15, 0.2) is 72.8 Å². The van der Waals surface area contributed by atoms with Gasteiger partial charge in [0.2, 0.25) is 0 Å². The molecule has 4 aromatic rings. The van der Waals surface area contributed by atoms with Crippen molar-refractivity contribution in [3.63, 3.8) is 0 Å². The number of hydrogen-bond donors (Lipinski definition) is 2. The summed E-state index contributed by atoms with van der Waals surface area (Å²) < 4.78 is 11.3. The van der Waals surface area contributed by atoms with Crippen LogP contribution in [0, 0.1) is 6.92 Å². The maximum Gasteiger partial charge on any atom is 0.128 e. The number of para-hydroxylation sites is 1. The lowest BCUT2D eigenvalue weighted by Crippen LogP contribution is -2.47. The summed E-state index contributed by atoms with van der Waals surface area (Å²) in [6, 6.07) is 23.8. The molecule has 0 atom stereocenters. The molecule has 0 spiro atoms. The minimum atomic E-state index is 0.144. The predicted octanol–water partition coefficient (Wildman–Crippen LogP) is 4.97. The van der Waals surface area contributed by atoms with Gasteiger partial charge in [-0.3, -0.25) is 10.00 Å². The highest BCUT2D eigenvalue weighted by Crippen LogP contribution is 2.39. The average Bonchev–Trinajstić information content (AvgIpc) is 3.30. The molecule has 0 aliphatic carbocycles. The fourth-order valence-electron chi connectivity index (χ4n) is 4.70. The molecule has 0 bridgehead atoms. The Morgan fingerprint density at radius 3 is 2.33 bits per heavy atom. The van der Waals surface area contributed by atoms with Crippen molar-refractivity contribution in [1.29, 1.82) is 0 Å². The van der Waals surface area contributed by atoms with E-state index in [1.807, 2.05) is 43.3 Å². The van der Waals surface area contributed by atoms with Gasteiger partial charge in [-0.25, -0.2) is 0 Å². The van der Waals surface area contributed by atoms with Crippen molar-refractivity contribution in [2.45, 2.75) is 6.92 Å². The van der Waals surface area contributed by atoms with Crippen molar-refractivity contribution < 1.29 is 14.6 Å². The number of aromatic amines is 1. The molecule has 0 saturated carbocycles. The summed E-state index contributed by atoms with van der Waals surface area (Å²) >= 11 is 0. The van der Waals surface area contributed by atoms with Crippen LogP contribution in [0.4, 0.5) is 5.69 Å². The van der Waals surface area contributed by atoms with E-state index in [2.05, 4.69) is 50.3 Å². The topological polar surface area (TPSA) is 73.8 Å². The molecule has 5 rings (SSSR count). The van der Waals surface area contributed by atoms with Crippen molar-refractivity contribution in [2.24, 2.45) is 0 Å². The van der Waals surface area contributed by atoms with E-state index >= 15 is 0 Å². The molecule has 2 heterocycles. The fourth-order valence-corrected chi connectivity index (χ4v) is 4.70. The number of aromatic hydroxyl groups is 1. The van der Waals surface area contributed by atoms with Crippen LogP contribution in [0.2, 0.25) is 0 Å². The van der Waals surface area contributed by atoms with Gasteiger partial charge in [0.1, 0.15) is 29.5 Å². The normalized spacial score (nSPS) is 14.1. The average molecular weight is 485 g/mol. The molecule has 0 unspecified atom stereocenters. The van der Waals surface area contributed by atoms with Gasteiger partial charge in [0.05, 0.1) is 7.11 Å². The van der Waals surface area contributed by atoms with Crippen LogP contribution in [-0.2, 0) is 0 Å². The minimum Gasteiger partial charge on any atom is -0.507 e. The van der Waals surface area contributed by atoms with E-state index in [4.69, 9.17) is 9.47 Å². The Kier molecular flexibility index (Phi) is 7.09. The third kappa shape index (κ3) is 5.16. The third-order valence-electron chi connectivity index (χ3n) is 6.72. The van der Waals surface area contributed by atoms with Gasteiger partial charge < -0.3 is 19.5 Å². The SMILES string of the molecule is COc1ccc(-c2c(-c3ccc(OCCN4CCN(c5ccccc5)CC4)cc3O)n[nH]c2C)cc1. The molecule has 7 nitrogen and oxygen atoms in total. The first-order chi connectivity index (χ1) is 17.6. The van der Waals surface area contributed by atoms with Crippen molar-refractivity contribution in [2.75, 3.05) is 51.3 Å². The first kappa shape index (κ1) is 23.8. The molecule has 186 valence electrons. The minimum absolute atomic E-state index is 0.144. The number of anilines is 1. The van der Waals surface area contributed by atoms with Gasteiger partial charge in [-0.2, -0.15) is 5.10 Å². The highest BCUT2D eigenvalue weighted by Gasteiger charge is 2.19. The van der Waals surface area contributed by atoms with Crippen LogP contribution in [-0.4, -0.2) is 66.6 Å². The van der Waals surface area contributed by atoms with Gasteiger partial charge in [0.15, 0.2) is 0 Å². The lowest BCUT2D eigenvalue weighted by molar-refractivity contribution is 0.200. The quantitative estimate of drug-likeness (QED) is 0.368. The standard InChI is InChI=1S/C29H32N4O3/c1-21-28(22-8-10-24(35-2)11-9-22)29(31-30-21)26-13-12-25(20-27(26)34)36-19-18-32-14-16-33(17-15-32)23-6-4-3-5-7-23/h3-13,20,34H,14-19H2,1-2H3,(H,30,31). The summed E-state index contributed by atoms with van der Waals surface area (Å²) in [4.78, 5) is 4.84. The van der Waals surface area contributed by atoms with Crippen LogP contribution in [0.1, 0.15) is 5.69 Å². The zero-order valence-electron chi connectivity index (χ0n) is 20.8. The van der Waals surface area contributed by atoms with E-state index in [1.165, 1.54) is 5.69 Å². The second kappa shape index (κ2) is 10.7. The Hall–Kier alpha value is -3.97. The molecule has 1 aliphatic heterocycles. The number of phenols is 1. The van der Waals surface area contributed by atoms with Gasteiger partial charge >= 0.3 is 0 Å². The summed E-state index contributed by atoms with van der Waals surface area (Å²) in [5.41, 5.74) is 5.54. The number of nitrogens with one attached hydrogen (secondary N) is 1. The van der Waals surface area contributed by atoms with Gasteiger partial charge in [-0.05, 0) is 48.9 Å². The molecule has 1 aliphatic rings. The summed E-state index contributed by atoms with van der Waals surface area (Å²) in [5.74, 6) is 1.59. The van der Waals surface area contributed by atoms with Crippen molar-refractivity contribution >= 4 is 5.69 Å². The maximum absolute atomic E-state index is 10.8. The summed E-state index contributed by atoms with van der Waals surface area (Å²) in [6.07, 6.45) is 0. The molecular formula is C29H32N4O3. The van der Waals surface area contributed by atoms with Gasteiger partial charge in [0.25, 0.3) is 0 Å². The van der Waals surface area contributed by atoms with E-state index in [1.54, 1.807) is 13.2 Å². The fraction of sp³-hybridized carbons (Fsp3) is 0.276. The number of rotatable bonds is 8. The van der Waals surface area contributed by atoms with Crippen LogP contribution in [0.5, 0.6) is 17.2 Å². The number of nitrogens with zero attached hydrogens (tertiary/aromatic N) is 3. The lowest BCUT2D eigenvalue weighted by atomic mass is 9.98. The molecule has 0 radical (unpaired) electrons. The molecule has 7 heteroatoms. The number of benzene rings is 3. The maximum atomic E-state index is 10.8. The second-order valence-corrected chi connectivity index (χ2v) is 8.99. The van der Waals surface area contributed by atoms with Crippen LogP contribution < -0.4 is 14.4 Å². The molecule has 1 aromatic heterocycles. The number of piperazine rings is 1. The molecule has 1 saturated heterocycles. The highest BCUT2D eigenvalue weighted by molar-refractivity contribution is 5.85. The van der Waals surface area contributed by atoms with Crippen LogP contribution in [0.3, 0.4) is 0 Å². The van der Waals surface area contributed by atoms with Crippen molar-refractivity contribution in [1.82, 2.24) is 15.1 Å². The van der Waals surface area contributed by atoms with E-state index in [0.29, 0.717) is 23.6 Å². The van der Waals surface area contributed by atoms with E-state index in [-0.39, 0.29) is 5.75 Å². The van der Waals surface area contributed by atoms with E-state index in [9.17, 15) is 5.11 Å². The Bertz CT molecular complexity index is 1280. The molecular weight excluding hydrogens is 452 g/mol. The Morgan fingerprint density at radius 1 is 0.917 bits per heavy atom. The molecule has 2 N–H and O–H groups in total. The highest BCUT2D eigenvalue weighted by atomic mass is 16.5. The van der Waals surface area contributed by atoms with E-state index < -0.39 is 0 Å². The number of H-pyrrole nitrogens is 1. The van der Waals surface area contributed by atoms with Gasteiger partial charge in [0, 0.05) is 61.3 Å². The molecule has 1 fully saturated rings. The Labute approximate surface area is 211 Å². The number of methoxy groups -OCH3 is 1. The zero-order chi connectivity index (χ0) is 24.9. The van der Waals surface area contributed by atoms with Crippen molar-refractivity contribution in [3.8, 4) is 39.6 Å². The lowest BCUT2D eigenvalue weighted by Gasteiger charge is -2.36. The number of phenolic OH excluding ortho intramolecular Hbond substituents is 1. The predicted molar refractivity (Wildman–Crippen MR) is 143 cm³/mol. The number of aromatic nitrogens is 2. The first-order valence-electron chi connectivity index (χ1n) is 12.3. The molecule has 36 heavy (non-hydrogen) atoms. The van der Waals surface area contributed by atoms with Crippen LogP contribution >= 0.6 is 0 Å². The molecule has 0 amide bonds. The van der Waals surface area contributed by atoms with Gasteiger partial charge in [-0.15, -0.1) is 0 Å². The second-order valence-electron chi connectivity index (χ2n) is 8.99.